The van der Waals surface area contributed by atoms with Gasteiger partial charge in [-0.05, 0) is 20.8 Å². The Morgan fingerprint density at radius 2 is 2.05 bits per heavy atom. The van der Waals surface area contributed by atoms with E-state index >= 15 is 0 Å². The topological polar surface area (TPSA) is 121 Å². The average molecular weight is 309 g/mol. The number of H-pyrrole nitrogens is 1. The number of nitrogens with one attached hydrogen (secondary N) is 1. The van der Waals surface area contributed by atoms with E-state index in [1.165, 1.54) is 10.6 Å². The molecular weight excluding hydrogens is 286 g/mol. The van der Waals surface area contributed by atoms with Gasteiger partial charge in [-0.1, -0.05) is 12.8 Å². The lowest BCUT2D eigenvalue weighted by molar-refractivity contribution is 0.0181. The van der Waals surface area contributed by atoms with Crippen molar-refractivity contribution in [2.45, 2.75) is 45.4 Å². The third-order valence-electron chi connectivity index (χ3n) is 3.91. The number of aromatic amines is 1. The summed E-state index contributed by atoms with van der Waals surface area (Å²) >= 11 is 0. The van der Waals surface area contributed by atoms with Crippen LogP contribution in [0.25, 0.3) is 0 Å². The van der Waals surface area contributed by atoms with E-state index in [2.05, 4.69) is 16.8 Å². The molecular formula is C15H23N3O4. The van der Waals surface area contributed by atoms with Crippen LogP contribution in [0.4, 0.5) is 0 Å². The number of aliphatic hydroxyl groups excluding tert-OH is 2. The zero-order valence-electron chi connectivity index (χ0n) is 13.3. The Kier molecular flexibility index (Phi) is 5.72. The van der Waals surface area contributed by atoms with Gasteiger partial charge in [-0.15, -0.1) is 5.92 Å². The molecule has 1 aromatic rings. The zero-order valence-corrected chi connectivity index (χ0v) is 13.3. The van der Waals surface area contributed by atoms with Crippen molar-refractivity contribution in [2.75, 3.05) is 6.61 Å². The van der Waals surface area contributed by atoms with Gasteiger partial charge in [0.1, 0.15) is 5.54 Å². The molecule has 5 N–H and O–H groups in total. The van der Waals surface area contributed by atoms with Crippen LogP contribution < -0.4 is 17.0 Å². The SMILES string of the molecule is CC#CC(N)(C(O)[C@H](C)CO)[C@@H](C)n1c(C)cc(=O)[nH]c1=O. The number of hydrogen-bond acceptors (Lipinski definition) is 5. The highest BCUT2D eigenvalue weighted by molar-refractivity contribution is 5.23. The largest absolute Gasteiger partial charge is 0.396 e. The number of aryl methyl sites for hydroxylation is 1. The maximum absolute atomic E-state index is 12.1. The van der Waals surface area contributed by atoms with Crippen LogP contribution in [0.15, 0.2) is 15.7 Å². The van der Waals surface area contributed by atoms with Gasteiger partial charge in [-0.2, -0.15) is 0 Å². The summed E-state index contributed by atoms with van der Waals surface area (Å²) < 4.78 is 1.29. The van der Waals surface area contributed by atoms with E-state index < -0.39 is 34.9 Å². The van der Waals surface area contributed by atoms with Gasteiger partial charge in [-0.3, -0.25) is 14.3 Å². The highest BCUT2D eigenvalue weighted by Crippen LogP contribution is 2.27. The monoisotopic (exact) mass is 309 g/mol. The Labute approximate surface area is 128 Å². The molecule has 0 aromatic carbocycles. The van der Waals surface area contributed by atoms with E-state index in [4.69, 9.17) is 5.73 Å². The van der Waals surface area contributed by atoms with Gasteiger partial charge in [-0.25, -0.2) is 4.79 Å². The van der Waals surface area contributed by atoms with Crippen molar-refractivity contribution >= 4 is 0 Å². The lowest BCUT2D eigenvalue weighted by atomic mass is 9.80. The van der Waals surface area contributed by atoms with Gasteiger partial charge >= 0.3 is 5.69 Å². The third-order valence-corrected chi connectivity index (χ3v) is 3.91. The molecule has 0 aliphatic heterocycles. The second-order valence-electron chi connectivity index (χ2n) is 5.54. The normalized spacial score (nSPS) is 17.8. The van der Waals surface area contributed by atoms with Crippen LogP contribution in [0.1, 0.15) is 32.5 Å². The molecule has 22 heavy (non-hydrogen) atoms. The molecule has 7 heteroatoms. The molecule has 1 rings (SSSR count). The summed E-state index contributed by atoms with van der Waals surface area (Å²) in [4.78, 5) is 25.6. The molecule has 0 saturated heterocycles. The summed E-state index contributed by atoms with van der Waals surface area (Å²) in [6, 6.07) is 0.563. The average Bonchev–Trinajstić information content (AvgIpc) is 2.44. The molecule has 2 unspecified atom stereocenters. The van der Waals surface area contributed by atoms with E-state index in [0.717, 1.165) is 0 Å². The minimum atomic E-state index is -1.45. The first kappa shape index (κ1) is 18.2. The van der Waals surface area contributed by atoms with Gasteiger partial charge < -0.3 is 15.9 Å². The lowest BCUT2D eigenvalue weighted by Gasteiger charge is -2.38. The van der Waals surface area contributed by atoms with Crippen LogP contribution in [0.3, 0.4) is 0 Å². The predicted molar refractivity (Wildman–Crippen MR) is 83.4 cm³/mol. The molecule has 0 aliphatic rings. The predicted octanol–water partition coefficient (Wildman–Crippen LogP) is -0.884. The summed E-state index contributed by atoms with van der Waals surface area (Å²) in [5.41, 5.74) is 4.14. The second-order valence-corrected chi connectivity index (χ2v) is 5.54. The number of nitrogens with two attached hydrogens (primary N) is 1. The number of nitrogens with zero attached hydrogens (tertiary/aromatic N) is 1. The molecule has 7 nitrogen and oxygen atoms in total. The Balaban J connectivity index is 3.48. The van der Waals surface area contributed by atoms with Gasteiger partial charge in [0.2, 0.25) is 0 Å². The summed E-state index contributed by atoms with van der Waals surface area (Å²) in [6.07, 6.45) is -1.15. The fraction of sp³-hybridized carbons (Fsp3) is 0.600. The first-order valence-corrected chi connectivity index (χ1v) is 7.03. The fourth-order valence-corrected chi connectivity index (χ4v) is 2.53. The molecule has 0 radical (unpaired) electrons. The van der Waals surface area contributed by atoms with E-state index in [1.54, 1.807) is 27.7 Å². The Morgan fingerprint density at radius 1 is 1.45 bits per heavy atom. The Hall–Kier alpha value is -1.88. The first-order chi connectivity index (χ1) is 10.2. The summed E-state index contributed by atoms with van der Waals surface area (Å²) in [7, 11) is 0. The van der Waals surface area contributed by atoms with E-state index in [-0.39, 0.29) is 6.61 Å². The van der Waals surface area contributed by atoms with Gasteiger partial charge in [0.25, 0.3) is 5.56 Å². The van der Waals surface area contributed by atoms with Crippen molar-refractivity contribution in [1.82, 2.24) is 9.55 Å². The molecule has 0 aliphatic carbocycles. The number of hydrogen-bond donors (Lipinski definition) is 4. The van der Waals surface area contributed by atoms with Crippen molar-refractivity contribution in [3.05, 3.63) is 32.6 Å². The van der Waals surface area contributed by atoms with Gasteiger partial charge in [0, 0.05) is 24.3 Å². The van der Waals surface area contributed by atoms with Crippen LogP contribution in [0.5, 0.6) is 0 Å². The summed E-state index contributed by atoms with van der Waals surface area (Å²) in [5.74, 6) is 4.90. The highest BCUT2D eigenvalue weighted by Gasteiger charge is 2.42. The van der Waals surface area contributed by atoms with Crippen LogP contribution >= 0.6 is 0 Å². The molecule has 0 saturated carbocycles. The maximum atomic E-state index is 12.1. The quantitative estimate of drug-likeness (QED) is 0.526. The molecule has 0 amide bonds. The minimum absolute atomic E-state index is 0.266. The lowest BCUT2D eigenvalue weighted by Crippen LogP contribution is -2.59. The van der Waals surface area contributed by atoms with Crippen molar-refractivity contribution in [3.8, 4) is 11.8 Å². The van der Waals surface area contributed by atoms with Crippen molar-refractivity contribution in [2.24, 2.45) is 11.7 Å². The maximum Gasteiger partial charge on any atom is 0.328 e. The highest BCUT2D eigenvalue weighted by atomic mass is 16.3. The second kappa shape index (κ2) is 6.92. The van der Waals surface area contributed by atoms with E-state index in [9.17, 15) is 19.8 Å². The Bertz CT molecular complexity index is 697. The molecule has 0 spiro atoms. The summed E-state index contributed by atoms with van der Waals surface area (Å²) in [6.45, 7) is 6.20. The van der Waals surface area contributed by atoms with Crippen LogP contribution in [-0.4, -0.2) is 38.0 Å². The zero-order chi connectivity index (χ0) is 17.1. The molecule has 0 bridgehead atoms. The molecule has 1 aromatic heterocycles. The van der Waals surface area contributed by atoms with Gasteiger partial charge in [0.05, 0.1) is 12.1 Å². The smallest absolute Gasteiger partial charge is 0.328 e. The molecule has 4 atom stereocenters. The minimum Gasteiger partial charge on any atom is -0.396 e. The molecule has 0 fully saturated rings. The number of aliphatic hydroxyl groups is 2. The summed E-state index contributed by atoms with van der Waals surface area (Å²) in [5, 5.41) is 19.7. The molecule has 1 heterocycles. The van der Waals surface area contributed by atoms with Crippen molar-refractivity contribution in [3.63, 3.8) is 0 Å². The first-order valence-electron chi connectivity index (χ1n) is 7.03. The van der Waals surface area contributed by atoms with Crippen molar-refractivity contribution in [1.29, 1.82) is 0 Å². The Morgan fingerprint density at radius 3 is 2.50 bits per heavy atom. The fourth-order valence-electron chi connectivity index (χ4n) is 2.53. The van der Waals surface area contributed by atoms with Crippen LogP contribution in [-0.2, 0) is 0 Å². The van der Waals surface area contributed by atoms with E-state index in [0.29, 0.717) is 5.69 Å². The van der Waals surface area contributed by atoms with Crippen LogP contribution in [0, 0.1) is 24.7 Å². The standard InChI is InChI=1S/C15H23N3O4/c1-5-6-15(16,13(21)9(2)8-19)11(4)18-10(3)7-12(20)17-14(18)22/h7,9,11,13,19,21H,8,16H2,1-4H3,(H,17,20,22)/t9-,11-,13?,15?/m1/s1. The van der Waals surface area contributed by atoms with E-state index in [1.807, 2.05) is 0 Å². The van der Waals surface area contributed by atoms with Crippen molar-refractivity contribution < 1.29 is 10.2 Å². The molecule has 122 valence electrons. The van der Waals surface area contributed by atoms with Crippen LogP contribution in [0.2, 0.25) is 0 Å². The number of rotatable bonds is 5. The number of aromatic nitrogens is 2. The third kappa shape index (κ3) is 3.30. The van der Waals surface area contributed by atoms with Gasteiger partial charge in [0.15, 0.2) is 0 Å².